The van der Waals surface area contributed by atoms with Crippen LogP contribution in [-0.2, 0) is 0 Å². The van der Waals surface area contributed by atoms with E-state index < -0.39 is 0 Å². The number of imide groups is 1. The summed E-state index contributed by atoms with van der Waals surface area (Å²) < 4.78 is 0. The second-order valence-electron chi connectivity index (χ2n) is 8.12. The van der Waals surface area contributed by atoms with Gasteiger partial charge in [0.2, 0.25) is 0 Å². The molecular formula is C17H17Cl2N3O2. The molecule has 0 atom stereocenters. The quantitative estimate of drug-likeness (QED) is 0.751. The van der Waals surface area contributed by atoms with Gasteiger partial charge in [0, 0.05) is 6.54 Å². The van der Waals surface area contributed by atoms with E-state index in [1.807, 2.05) is 0 Å². The van der Waals surface area contributed by atoms with Gasteiger partial charge in [-0.3, -0.25) is 14.5 Å². The van der Waals surface area contributed by atoms with Crippen molar-refractivity contribution >= 4 is 35.0 Å². The van der Waals surface area contributed by atoms with Crippen LogP contribution >= 0.6 is 23.2 Å². The molecule has 4 fully saturated rings. The Hall–Kier alpha value is -1.20. The van der Waals surface area contributed by atoms with Crippen LogP contribution in [0.1, 0.15) is 59.5 Å². The smallest absolute Gasteiger partial charge is 0.271 e. The Bertz CT molecular complexity index is 703. The molecule has 4 bridgehead atoms. The molecule has 24 heavy (non-hydrogen) atoms. The van der Waals surface area contributed by atoms with E-state index in [1.165, 1.54) is 24.2 Å². The monoisotopic (exact) mass is 365 g/mol. The highest BCUT2D eigenvalue weighted by molar-refractivity contribution is 6.40. The summed E-state index contributed by atoms with van der Waals surface area (Å²) in [6.45, 7) is 0.488. The van der Waals surface area contributed by atoms with E-state index >= 15 is 0 Å². The van der Waals surface area contributed by atoms with Crippen molar-refractivity contribution in [1.29, 1.82) is 0 Å². The molecule has 0 spiro atoms. The number of amides is 2. The summed E-state index contributed by atoms with van der Waals surface area (Å²) in [6.07, 6.45) is 7.39. The van der Waals surface area contributed by atoms with E-state index in [1.54, 1.807) is 0 Å². The third-order valence-corrected chi connectivity index (χ3v) is 6.99. The largest absolute Gasteiger partial charge is 0.281 e. The number of halogens is 2. The summed E-state index contributed by atoms with van der Waals surface area (Å²) in [4.78, 5) is 34.7. The Balaban J connectivity index is 1.46. The van der Waals surface area contributed by atoms with Gasteiger partial charge in [-0.1, -0.05) is 23.2 Å². The zero-order valence-corrected chi connectivity index (χ0v) is 14.6. The number of carbonyl (C=O) groups is 2. The Morgan fingerprint density at radius 1 is 0.875 bits per heavy atom. The van der Waals surface area contributed by atoms with Crippen molar-refractivity contribution in [3.63, 3.8) is 0 Å². The molecule has 4 aliphatic carbocycles. The number of hydrogen-bond acceptors (Lipinski definition) is 4. The van der Waals surface area contributed by atoms with Crippen molar-refractivity contribution in [2.24, 2.45) is 23.2 Å². The molecule has 6 rings (SSSR count). The summed E-state index contributed by atoms with van der Waals surface area (Å²) in [5.41, 5.74) is 0.175. The third kappa shape index (κ3) is 2.07. The lowest BCUT2D eigenvalue weighted by Gasteiger charge is -2.57. The lowest BCUT2D eigenvalue weighted by molar-refractivity contribution is -0.0618. The summed E-state index contributed by atoms with van der Waals surface area (Å²) in [5, 5.41) is -0.0681. The van der Waals surface area contributed by atoms with E-state index in [0.29, 0.717) is 6.54 Å². The van der Waals surface area contributed by atoms with Crippen molar-refractivity contribution in [3.8, 4) is 0 Å². The lowest BCUT2D eigenvalue weighted by Crippen LogP contribution is -2.52. The molecule has 5 aliphatic rings. The maximum Gasteiger partial charge on any atom is 0.281 e. The average molecular weight is 366 g/mol. The first-order chi connectivity index (χ1) is 11.4. The van der Waals surface area contributed by atoms with Gasteiger partial charge < -0.3 is 0 Å². The molecule has 1 aliphatic heterocycles. The van der Waals surface area contributed by atoms with Crippen molar-refractivity contribution in [2.45, 2.75) is 38.5 Å². The molecular weight excluding hydrogens is 349 g/mol. The molecule has 0 unspecified atom stereocenters. The van der Waals surface area contributed by atoms with Gasteiger partial charge in [0.15, 0.2) is 21.7 Å². The lowest BCUT2D eigenvalue weighted by atomic mass is 9.49. The fourth-order valence-corrected chi connectivity index (χ4v) is 6.26. The van der Waals surface area contributed by atoms with Crippen molar-refractivity contribution < 1.29 is 9.59 Å². The van der Waals surface area contributed by atoms with Crippen LogP contribution in [0.15, 0.2) is 0 Å². The first-order valence-electron chi connectivity index (χ1n) is 8.53. The molecule has 0 N–H and O–H groups in total. The maximum atomic E-state index is 12.7. The van der Waals surface area contributed by atoms with Crippen molar-refractivity contribution in [3.05, 3.63) is 21.7 Å². The van der Waals surface area contributed by atoms with Crippen LogP contribution in [-0.4, -0.2) is 33.2 Å². The van der Waals surface area contributed by atoms with E-state index in [-0.39, 0.29) is 38.9 Å². The van der Waals surface area contributed by atoms with Crippen LogP contribution < -0.4 is 0 Å². The van der Waals surface area contributed by atoms with Gasteiger partial charge in [0.1, 0.15) is 0 Å². The van der Waals surface area contributed by atoms with Crippen molar-refractivity contribution in [1.82, 2.24) is 14.9 Å². The van der Waals surface area contributed by atoms with Crippen LogP contribution in [0.2, 0.25) is 10.3 Å². The minimum atomic E-state index is -0.378. The predicted octanol–water partition coefficient (Wildman–Crippen LogP) is 3.60. The molecule has 7 heteroatoms. The standard InChI is InChI=1S/C17H17Cl2N3O2/c18-13-14(19)21-12-11(20-13)15(23)22(16(12)24)7-17-4-8-1-9(5-17)3-10(2-8)6-17/h8-10H,1-7H2. The second-order valence-corrected chi connectivity index (χ2v) is 8.83. The Morgan fingerprint density at radius 3 is 1.71 bits per heavy atom. The van der Waals surface area contributed by atoms with Crippen molar-refractivity contribution in [2.75, 3.05) is 6.54 Å². The predicted molar refractivity (Wildman–Crippen MR) is 88.0 cm³/mol. The summed E-state index contributed by atoms with van der Waals surface area (Å²) in [6, 6.07) is 0. The third-order valence-electron chi connectivity index (χ3n) is 6.37. The molecule has 5 nitrogen and oxygen atoms in total. The first kappa shape index (κ1) is 15.1. The number of nitrogens with zero attached hydrogens (tertiary/aromatic N) is 3. The van der Waals surface area contributed by atoms with E-state index in [2.05, 4.69) is 9.97 Å². The average Bonchev–Trinajstić information content (AvgIpc) is 2.71. The molecule has 4 saturated carbocycles. The van der Waals surface area contributed by atoms with Crippen LogP contribution in [0.3, 0.4) is 0 Å². The minimum Gasteiger partial charge on any atom is -0.271 e. The summed E-state index contributed by atoms with van der Waals surface area (Å²) in [7, 11) is 0. The highest BCUT2D eigenvalue weighted by Gasteiger charge is 2.53. The zero-order valence-electron chi connectivity index (χ0n) is 13.1. The summed E-state index contributed by atoms with van der Waals surface area (Å²) >= 11 is 11.7. The number of rotatable bonds is 2. The van der Waals surface area contributed by atoms with Gasteiger partial charge in [-0.15, -0.1) is 0 Å². The Labute approximate surface area is 149 Å². The van der Waals surface area contributed by atoms with Crippen LogP contribution in [0.4, 0.5) is 0 Å². The molecule has 1 aromatic rings. The molecule has 1 aromatic heterocycles. The Kier molecular flexibility index (Phi) is 3.09. The van der Waals surface area contributed by atoms with Gasteiger partial charge in [-0.2, -0.15) is 0 Å². The van der Waals surface area contributed by atoms with Gasteiger partial charge in [0.25, 0.3) is 11.8 Å². The topological polar surface area (TPSA) is 63.2 Å². The molecule has 0 saturated heterocycles. The highest BCUT2D eigenvalue weighted by Crippen LogP contribution is 2.60. The molecule has 2 heterocycles. The van der Waals surface area contributed by atoms with Gasteiger partial charge >= 0.3 is 0 Å². The molecule has 0 aromatic carbocycles. The van der Waals surface area contributed by atoms with Gasteiger partial charge in [-0.25, -0.2) is 9.97 Å². The fraction of sp³-hybridized carbons (Fsp3) is 0.647. The highest BCUT2D eigenvalue weighted by atomic mass is 35.5. The minimum absolute atomic E-state index is 0.0341. The summed E-state index contributed by atoms with van der Waals surface area (Å²) in [5.74, 6) is 1.55. The number of fused-ring (bicyclic) bond motifs is 1. The molecule has 0 radical (unpaired) electrons. The van der Waals surface area contributed by atoms with E-state index in [4.69, 9.17) is 23.2 Å². The van der Waals surface area contributed by atoms with Gasteiger partial charge in [0.05, 0.1) is 0 Å². The molecule has 126 valence electrons. The van der Waals surface area contributed by atoms with E-state index in [0.717, 1.165) is 37.0 Å². The van der Waals surface area contributed by atoms with Crippen LogP contribution in [0, 0.1) is 23.2 Å². The zero-order chi connectivity index (χ0) is 16.6. The first-order valence-corrected chi connectivity index (χ1v) is 9.29. The van der Waals surface area contributed by atoms with Crippen LogP contribution in [0.25, 0.3) is 0 Å². The maximum absolute atomic E-state index is 12.7. The number of aromatic nitrogens is 2. The molecule has 2 amide bonds. The number of carbonyl (C=O) groups excluding carboxylic acids is 2. The van der Waals surface area contributed by atoms with Crippen LogP contribution in [0.5, 0.6) is 0 Å². The Morgan fingerprint density at radius 2 is 1.29 bits per heavy atom. The normalized spacial score (nSPS) is 36.6. The van der Waals surface area contributed by atoms with E-state index in [9.17, 15) is 9.59 Å². The van der Waals surface area contributed by atoms with Gasteiger partial charge in [-0.05, 0) is 61.7 Å². The fourth-order valence-electron chi connectivity index (χ4n) is 6.00. The SMILES string of the molecule is O=C1c2nc(Cl)c(Cl)nc2C(=O)N1CC12CC3CC(CC(C3)C1)C2. The number of hydrogen-bond donors (Lipinski definition) is 0. The second kappa shape index (κ2) is 4.92.